The first-order valence-corrected chi connectivity index (χ1v) is 8.72. The van der Waals surface area contributed by atoms with Crippen molar-refractivity contribution >= 4 is 21.1 Å². The molecule has 3 aromatic rings. The van der Waals surface area contributed by atoms with Crippen LogP contribution >= 0.6 is 0 Å². The third-order valence-corrected chi connectivity index (χ3v) is 5.12. The van der Waals surface area contributed by atoms with E-state index in [-0.39, 0.29) is 17.1 Å². The van der Waals surface area contributed by atoms with Crippen LogP contribution in [0.1, 0.15) is 11.1 Å². The summed E-state index contributed by atoms with van der Waals surface area (Å²) in [6, 6.07) is 9.91. The van der Waals surface area contributed by atoms with Crippen LogP contribution < -0.4 is 15.1 Å². The number of fused-ring (bicyclic) bond motifs is 1. The van der Waals surface area contributed by atoms with E-state index in [0.717, 1.165) is 11.1 Å². The van der Waals surface area contributed by atoms with Crippen LogP contribution in [0, 0.1) is 6.92 Å². The summed E-state index contributed by atoms with van der Waals surface area (Å²) in [5, 5.41) is 0. The van der Waals surface area contributed by atoms with Crippen LogP contribution in [0.15, 0.2) is 46.1 Å². The highest BCUT2D eigenvalue weighted by molar-refractivity contribution is 7.89. The molecule has 1 heterocycles. The molecular weight excluding hydrogens is 330 g/mol. The van der Waals surface area contributed by atoms with Gasteiger partial charge in [0.1, 0.15) is 5.75 Å². The molecule has 0 saturated heterocycles. The second-order valence-corrected chi connectivity index (χ2v) is 7.18. The molecule has 0 aliphatic heterocycles. The summed E-state index contributed by atoms with van der Waals surface area (Å²) < 4.78 is 32.5. The monoisotopic (exact) mass is 347 g/mol. The molecule has 0 radical (unpaired) electrons. The van der Waals surface area contributed by atoms with Gasteiger partial charge in [0.2, 0.25) is 10.0 Å². The van der Waals surface area contributed by atoms with E-state index >= 15 is 0 Å². The maximum atomic E-state index is 12.4. The lowest BCUT2D eigenvalue weighted by atomic mass is 10.2. The number of hydrogen-bond acceptors (Lipinski definition) is 4. The molecule has 0 saturated carbocycles. The normalized spacial score (nSPS) is 11.8. The Kier molecular flexibility index (Phi) is 4.16. The van der Waals surface area contributed by atoms with Gasteiger partial charge in [-0.2, -0.15) is 0 Å². The van der Waals surface area contributed by atoms with Crippen molar-refractivity contribution in [3.8, 4) is 5.75 Å². The number of imidazole rings is 1. The van der Waals surface area contributed by atoms with E-state index in [9.17, 15) is 13.2 Å². The van der Waals surface area contributed by atoms with Crippen LogP contribution in [0.3, 0.4) is 0 Å². The zero-order valence-electron chi connectivity index (χ0n) is 13.2. The summed E-state index contributed by atoms with van der Waals surface area (Å²) in [5.41, 5.74) is 2.50. The summed E-state index contributed by atoms with van der Waals surface area (Å²) >= 11 is 0. The van der Waals surface area contributed by atoms with Crippen molar-refractivity contribution in [2.45, 2.75) is 18.4 Å². The van der Waals surface area contributed by atoms with Crippen molar-refractivity contribution in [1.29, 1.82) is 0 Å². The second kappa shape index (κ2) is 6.14. The number of aromatic amines is 2. The third-order valence-electron chi connectivity index (χ3n) is 3.72. The van der Waals surface area contributed by atoms with Crippen LogP contribution in [0.2, 0.25) is 0 Å². The fourth-order valence-corrected chi connectivity index (χ4v) is 3.57. The van der Waals surface area contributed by atoms with Gasteiger partial charge in [0.05, 0.1) is 23.0 Å². The Balaban J connectivity index is 1.80. The van der Waals surface area contributed by atoms with Crippen molar-refractivity contribution in [3.63, 3.8) is 0 Å². The largest absolute Gasteiger partial charge is 0.496 e. The van der Waals surface area contributed by atoms with Crippen molar-refractivity contribution < 1.29 is 13.2 Å². The molecular formula is C16H17N3O4S. The Hall–Kier alpha value is -2.58. The molecule has 8 heteroatoms. The number of aromatic nitrogens is 2. The first-order chi connectivity index (χ1) is 11.4. The van der Waals surface area contributed by atoms with Gasteiger partial charge < -0.3 is 14.7 Å². The van der Waals surface area contributed by atoms with E-state index in [1.807, 2.05) is 0 Å². The highest BCUT2D eigenvalue weighted by atomic mass is 32.2. The maximum absolute atomic E-state index is 12.4. The van der Waals surface area contributed by atoms with E-state index in [0.29, 0.717) is 16.8 Å². The van der Waals surface area contributed by atoms with Gasteiger partial charge in [0.15, 0.2) is 0 Å². The predicted octanol–water partition coefficient (Wildman–Crippen LogP) is 1.65. The molecule has 0 unspecified atom stereocenters. The summed E-state index contributed by atoms with van der Waals surface area (Å²) in [7, 11) is -2.10. The third kappa shape index (κ3) is 3.19. The summed E-state index contributed by atoms with van der Waals surface area (Å²) in [5.74, 6) is 0.635. The van der Waals surface area contributed by atoms with Crippen molar-refractivity contribution in [2.24, 2.45) is 0 Å². The number of sulfonamides is 1. The van der Waals surface area contributed by atoms with E-state index in [1.165, 1.54) is 13.2 Å². The van der Waals surface area contributed by atoms with Crippen LogP contribution in [-0.4, -0.2) is 25.5 Å². The average molecular weight is 347 g/mol. The zero-order valence-corrected chi connectivity index (χ0v) is 14.0. The van der Waals surface area contributed by atoms with Gasteiger partial charge in [-0.25, -0.2) is 17.9 Å². The Morgan fingerprint density at radius 3 is 2.54 bits per heavy atom. The SMILES string of the molecule is COc1ccc(S(=O)(=O)NCc2ccc3[nH]c(=O)[nH]c3c2)cc1C. The molecule has 0 aliphatic rings. The first kappa shape index (κ1) is 16.3. The van der Waals surface area contributed by atoms with Crippen LogP contribution in [-0.2, 0) is 16.6 Å². The number of methoxy groups -OCH3 is 1. The van der Waals surface area contributed by atoms with Gasteiger partial charge in [-0.3, -0.25) is 0 Å². The highest BCUT2D eigenvalue weighted by Crippen LogP contribution is 2.21. The van der Waals surface area contributed by atoms with E-state index in [2.05, 4.69) is 14.7 Å². The number of rotatable bonds is 5. The van der Waals surface area contributed by atoms with Crippen molar-refractivity contribution in [3.05, 3.63) is 58.0 Å². The lowest BCUT2D eigenvalue weighted by Gasteiger charge is -2.10. The topological polar surface area (TPSA) is 104 Å². The summed E-state index contributed by atoms with van der Waals surface area (Å²) in [6.07, 6.45) is 0. The zero-order chi connectivity index (χ0) is 17.3. The van der Waals surface area contributed by atoms with Crippen LogP contribution in [0.5, 0.6) is 5.75 Å². The van der Waals surface area contributed by atoms with Gasteiger partial charge in [0, 0.05) is 6.54 Å². The molecule has 1 aromatic heterocycles. The van der Waals surface area contributed by atoms with E-state index in [4.69, 9.17) is 4.74 Å². The molecule has 0 spiro atoms. The highest BCUT2D eigenvalue weighted by Gasteiger charge is 2.15. The molecule has 0 fully saturated rings. The number of H-pyrrole nitrogens is 2. The minimum absolute atomic E-state index is 0.122. The number of benzene rings is 2. The molecule has 3 rings (SSSR count). The average Bonchev–Trinajstić information content (AvgIpc) is 2.92. The molecule has 7 nitrogen and oxygen atoms in total. The minimum Gasteiger partial charge on any atom is -0.496 e. The van der Waals surface area contributed by atoms with Gasteiger partial charge >= 0.3 is 5.69 Å². The molecule has 2 aromatic carbocycles. The number of aryl methyl sites for hydroxylation is 1. The molecule has 3 N–H and O–H groups in total. The summed E-state index contributed by atoms with van der Waals surface area (Å²) in [4.78, 5) is 16.7. The van der Waals surface area contributed by atoms with Crippen LogP contribution in [0.4, 0.5) is 0 Å². The lowest BCUT2D eigenvalue weighted by Crippen LogP contribution is -2.23. The van der Waals surface area contributed by atoms with Gasteiger partial charge in [-0.1, -0.05) is 6.07 Å². The predicted molar refractivity (Wildman–Crippen MR) is 90.7 cm³/mol. The van der Waals surface area contributed by atoms with Gasteiger partial charge in [-0.15, -0.1) is 0 Å². The van der Waals surface area contributed by atoms with Crippen LogP contribution in [0.25, 0.3) is 11.0 Å². The van der Waals surface area contributed by atoms with E-state index < -0.39 is 10.0 Å². The quantitative estimate of drug-likeness (QED) is 0.653. The Morgan fingerprint density at radius 2 is 1.83 bits per heavy atom. The standard InChI is InChI=1S/C16H17N3O4S/c1-10-7-12(4-6-15(10)23-2)24(21,22)17-9-11-3-5-13-14(8-11)19-16(20)18-13/h3-8,17H,9H2,1-2H3,(H2,18,19,20). The Bertz CT molecular complexity index is 1050. The minimum atomic E-state index is -3.64. The number of ether oxygens (including phenoxy) is 1. The van der Waals surface area contributed by atoms with Crippen molar-refractivity contribution in [1.82, 2.24) is 14.7 Å². The van der Waals surface area contributed by atoms with Crippen molar-refractivity contribution in [2.75, 3.05) is 7.11 Å². The molecule has 0 bridgehead atoms. The fourth-order valence-electron chi connectivity index (χ4n) is 2.47. The molecule has 0 atom stereocenters. The second-order valence-electron chi connectivity index (χ2n) is 5.42. The van der Waals surface area contributed by atoms with E-state index in [1.54, 1.807) is 37.3 Å². The fraction of sp³-hybridized carbons (Fsp3) is 0.188. The molecule has 24 heavy (non-hydrogen) atoms. The Morgan fingerprint density at radius 1 is 1.08 bits per heavy atom. The maximum Gasteiger partial charge on any atom is 0.323 e. The molecule has 126 valence electrons. The number of nitrogens with one attached hydrogen (secondary N) is 3. The van der Waals surface area contributed by atoms with Gasteiger partial charge in [0.25, 0.3) is 0 Å². The lowest BCUT2D eigenvalue weighted by molar-refractivity contribution is 0.411. The molecule has 0 aliphatic carbocycles. The summed E-state index contributed by atoms with van der Waals surface area (Å²) in [6.45, 7) is 1.91. The van der Waals surface area contributed by atoms with Gasteiger partial charge in [-0.05, 0) is 48.4 Å². The molecule has 0 amide bonds. The first-order valence-electron chi connectivity index (χ1n) is 7.24. The Labute approximate surface area is 138 Å². The number of hydrogen-bond donors (Lipinski definition) is 3. The smallest absolute Gasteiger partial charge is 0.323 e.